The summed E-state index contributed by atoms with van der Waals surface area (Å²) < 4.78 is 0. The molecular weight excluding hydrogens is 338 g/mol. The van der Waals surface area contributed by atoms with Gasteiger partial charge < -0.3 is 9.80 Å². The van der Waals surface area contributed by atoms with Gasteiger partial charge in [0.15, 0.2) is 0 Å². The quantitative estimate of drug-likeness (QED) is 0.590. The minimum absolute atomic E-state index is 0.214. The van der Waals surface area contributed by atoms with Crippen LogP contribution in [0.3, 0.4) is 0 Å². The van der Waals surface area contributed by atoms with Crippen molar-refractivity contribution in [2.45, 2.75) is 40.5 Å². The van der Waals surface area contributed by atoms with Crippen molar-refractivity contribution >= 4 is 29.2 Å². The third-order valence-corrected chi connectivity index (χ3v) is 5.87. The van der Waals surface area contributed by atoms with Crippen LogP contribution >= 0.6 is 0 Å². The van der Waals surface area contributed by atoms with Crippen LogP contribution in [-0.2, 0) is 0 Å². The molecule has 0 saturated heterocycles. The van der Waals surface area contributed by atoms with E-state index in [1.165, 1.54) is 11.1 Å². The second-order valence-corrected chi connectivity index (χ2v) is 8.13. The summed E-state index contributed by atoms with van der Waals surface area (Å²) in [7, 11) is 0. The molecule has 5 heteroatoms. The lowest BCUT2D eigenvalue weighted by Crippen LogP contribution is -2.45. The highest BCUT2D eigenvalue weighted by atomic mass is 16.6. The Hall–Kier alpha value is -2.56. The molecule has 1 atom stereocenters. The number of hydrogen-bond donors (Lipinski definition) is 0. The van der Waals surface area contributed by atoms with Crippen LogP contribution < -0.4 is 20.2 Å². The molecule has 0 amide bonds. The van der Waals surface area contributed by atoms with Crippen molar-refractivity contribution in [2.75, 3.05) is 22.9 Å². The van der Waals surface area contributed by atoms with Crippen LogP contribution in [0.15, 0.2) is 29.6 Å². The maximum Gasteiger partial charge on any atom is 0.279 e. The Kier molecular flexibility index (Phi) is 4.33. The van der Waals surface area contributed by atoms with Gasteiger partial charge in [0.25, 0.3) is 5.69 Å². The van der Waals surface area contributed by atoms with Crippen LogP contribution in [-0.4, -0.2) is 18.0 Å². The van der Waals surface area contributed by atoms with E-state index in [0.717, 1.165) is 47.7 Å². The molecule has 1 aromatic carbocycles. The fourth-order valence-corrected chi connectivity index (χ4v) is 4.34. The first kappa shape index (κ1) is 17.8. The number of hydrogen-bond acceptors (Lipinski definition) is 4. The van der Waals surface area contributed by atoms with Crippen LogP contribution in [0.5, 0.6) is 0 Å². The second kappa shape index (κ2) is 6.55. The van der Waals surface area contributed by atoms with Gasteiger partial charge in [0.1, 0.15) is 0 Å². The van der Waals surface area contributed by atoms with Crippen molar-refractivity contribution in [3.8, 4) is 0 Å². The zero-order valence-electron chi connectivity index (χ0n) is 16.5. The maximum atomic E-state index is 11.9. The molecule has 1 aromatic rings. The van der Waals surface area contributed by atoms with Crippen molar-refractivity contribution in [1.29, 1.82) is 0 Å². The van der Waals surface area contributed by atoms with E-state index in [1.54, 1.807) is 6.07 Å². The van der Waals surface area contributed by atoms with Crippen LogP contribution in [0.2, 0.25) is 0 Å². The molecular formula is C22H27N3O2. The molecule has 0 spiro atoms. The number of allylic oxidation sites excluding steroid dienone is 2. The Morgan fingerprint density at radius 3 is 2.37 bits per heavy atom. The molecule has 0 saturated carbocycles. The zero-order valence-corrected chi connectivity index (χ0v) is 16.5. The number of benzene rings is 1. The molecule has 0 N–H and O–H groups in total. The highest BCUT2D eigenvalue weighted by molar-refractivity contribution is 5.86. The number of rotatable bonds is 5. The largest absolute Gasteiger partial charge is 0.344 e. The number of nitrogens with zero attached hydrogens (tertiary/aromatic N) is 3. The van der Waals surface area contributed by atoms with E-state index in [9.17, 15) is 10.1 Å². The van der Waals surface area contributed by atoms with Gasteiger partial charge >= 0.3 is 0 Å². The van der Waals surface area contributed by atoms with Gasteiger partial charge in [-0.2, -0.15) is 0 Å². The van der Waals surface area contributed by atoms with Crippen molar-refractivity contribution in [2.24, 2.45) is 11.8 Å². The molecule has 1 unspecified atom stereocenters. The standard InChI is InChI=1S/C22H27N3O2/c1-5-6-15(4)18-10-19-20(25(26)27)11-16-9-17(14(2)3)12-23-7-8-24(13-18)22(19)21(16)23/h9-15H,5-8H2,1-4H3. The van der Waals surface area contributed by atoms with E-state index in [-0.39, 0.29) is 10.6 Å². The average molecular weight is 365 g/mol. The van der Waals surface area contributed by atoms with Crippen molar-refractivity contribution in [3.63, 3.8) is 0 Å². The van der Waals surface area contributed by atoms with Gasteiger partial charge in [-0.25, -0.2) is 0 Å². The fraction of sp³-hybridized carbons (Fsp3) is 0.455. The van der Waals surface area contributed by atoms with Crippen LogP contribution in [0.4, 0.5) is 17.1 Å². The van der Waals surface area contributed by atoms with Gasteiger partial charge in [-0.15, -0.1) is 0 Å². The minimum Gasteiger partial charge on any atom is -0.344 e. The summed E-state index contributed by atoms with van der Waals surface area (Å²) in [6.07, 6.45) is 10.8. The maximum absolute atomic E-state index is 11.9. The van der Waals surface area contributed by atoms with E-state index in [1.807, 2.05) is 0 Å². The zero-order chi connectivity index (χ0) is 19.3. The van der Waals surface area contributed by atoms with E-state index in [2.05, 4.69) is 62.0 Å². The van der Waals surface area contributed by atoms with Gasteiger partial charge in [0, 0.05) is 36.8 Å². The summed E-state index contributed by atoms with van der Waals surface area (Å²) in [6.45, 7) is 10.5. The molecule has 0 fully saturated rings. The van der Waals surface area contributed by atoms with Gasteiger partial charge in [0.05, 0.1) is 21.5 Å². The van der Waals surface area contributed by atoms with Crippen LogP contribution in [0, 0.1) is 22.0 Å². The Bertz CT molecular complexity index is 988. The number of nitro groups is 1. The predicted octanol–water partition coefficient (Wildman–Crippen LogP) is 3.67. The molecule has 27 heavy (non-hydrogen) atoms. The number of nitro benzene ring substituents is 1. The highest BCUT2D eigenvalue weighted by Gasteiger charge is 2.32. The summed E-state index contributed by atoms with van der Waals surface area (Å²) in [5.41, 5.74) is 4.73. The first-order chi connectivity index (χ1) is 12.9. The summed E-state index contributed by atoms with van der Waals surface area (Å²) in [6, 6.07) is 1.77. The Morgan fingerprint density at radius 1 is 1.07 bits per heavy atom. The molecule has 0 aromatic heterocycles. The van der Waals surface area contributed by atoms with E-state index in [0.29, 0.717) is 11.8 Å². The molecule has 142 valence electrons. The fourth-order valence-electron chi connectivity index (χ4n) is 4.34. The second-order valence-electron chi connectivity index (χ2n) is 8.13. The monoisotopic (exact) mass is 365 g/mol. The highest BCUT2D eigenvalue weighted by Crippen LogP contribution is 2.36. The van der Waals surface area contributed by atoms with Gasteiger partial charge in [0.2, 0.25) is 0 Å². The molecule has 3 heterocycles. The number of non-ortho nitro benzene ring substituents is 1. The smallest absolute Gasteiger partial charge is 0.279 e. The third-order valence-electron chi connectivity index (χ3n) is 5.87. The molecule has 0 radical (unpaired) electrons. The molecule has 5 nitrogen and oxygen atoms in total. The van der Waals surface area contributed by atoms with E-state index >= 15 is 0 Å². The summed E-state index contributed by atoms with van der Waals surface area (Å²) in [4.78, 5) is 16.2. The minimum atomic E-state index is -0.228. The van der Waals surface area contributed by atoms with Crippen molar-refractivity contribution in [1.82, 2.24) is 0 Å². The van der Waals surface area contributed by atoms with Gasteiger partial charge in [-0.3, -0.25) is 10.1 Å². The predicted molar refractivity (Wildman–Crippen MR) is 111 cm³/mol. The summed E-state index contributed by atoms with van der Waals surface area (Å²) in [5, 5.41) is 13.6. The normalized spacial score (nSPS) is 18.3. The molecule has 0 aliphatic carbocycles. The number of anilines is 2. The first-order valence-electron chi connectivity index (χ1n) is 9.92. The molecule has 3 aliphatic rings. The van der Waals surface area contributed by atoms with Crippen LogP contribution in [0.1, 0.15) is 40.5 Å². The topological polar surface area (TPSA) is 49.6 Å². The molecule has 4 rings (SSSR count). The van der Waals surface area contributed by atoms with E-state index < -0.39 is 0 Å². The van der Waals surface area contributed by atoms with Crippen LogP contribution in [0.25, 0.3) is 12.2 Å². The molecule has 0 bridgehead atoms. The molecule has 3 aliphatic heterocycles. The average Bonchev–Trinajstić information content (AvgIpc) is 2.64. The summed E-state index contributed by atoms with van der Waals surface area (Å²) in [5.74, 6) is 0.787. The third kappa shape index (κ3) is 2.85. The van der Waals surface area contributed by atoms with E-state index in [4.69, 9.17) is 0 Å². The van der Waals surface area contributed by atoms with Gasteiger partial charge in [-0.1, -0.05) is 34.1 Å². The Morgan fingerprint density at radius 2 is 1.74 bits per heavy atom. The Labute approximate surface area is 160 Å². The lowest BCUT2D eigenvalue weighted by molar-refractivity contribution is -0.385. The van der Waals surface area contributed by atoms with Gasteiger partial charge in [-0.05, 0) is 41.6 Å². The lowest BCUT2D eigenvalue weighted by Gasteiger charge is -2.40. The summed E-state index contributed by atoms with van der Waals surface area (Å²) >= 11 is 0. The lowest BCUT2D eigenvalue weighted by atomic mass is 9.91. The van der Waals surface area contributed by atoms with Crippen molar-refractivity contribution < 1.29 is 4.92 Å². The SMILES string of the molecule is CCCC(C)C1=CN2CCN3C=C(C(C)C)C=c4cc([N+](=O)[O-])c(c2c43)=C1. The first-order valence-corrected chi connectivity index (χ1v) is 9.92. The van der Waals surface area contributed by atoms with Crippen molar-refractivity contribution in [3.05, 3.63) is 50.2 Å². The Balaban J connectivity index is 1.99.